The number of carbonyl (C=O) groups excluding carboxylic acids is 1. The second-order valence-corrected chi connectivity index (χ2v) is 6.05. The standard InChI is InChI=1S/C16H29NO3/c1-3-5-7-12-8-10-13(11-9-12)15(18)17-14(6-4-2)16(19)20/h12-14H,3-11H2,1-2H3,(H,17,18)(H,19,20)/t12?,13?,14-/m1/s1. The van der Waals surface area contributed by atoms with Crippen LogP contribution in [0.15, 0.2) is 0 Å². The molecule has 0 spiro atoms. The lowest BCUT2D eigenvalue weighted by Crippen LogP contribution is -2.44. The Kier molecular flexibility index (Phi) is 7.63. The largest absolute Gasteiger partial charge is 0.480 e. The molecule has 4 heteroatoms. The molecule has 0 radical (unpaired) electrons. The van der Waals surface area contributed by atoms with Crippen LogP contribution in [0.1, 0.15) is 71.6 Å². The van der Waals surface area contributed by atoms with Gasteiger partial charge < -0.3 is 10.4 Å². The molecule has 0 unspecified atom stereocenters. The Morgan fingerprint density at radius 1 is 1.15 bits per heavy atom. The zero-order valence-electron chi connectivity index (χ0n) is 12.9. The van der Waals surface area contributed by atoms with E-state index in [4.69, 9.17) is 5.11 Å². The molecule has 1 saturated carbocycles. The molecule has 0 aliphatic heterocycles. The van der Waals surface area contributed by atoms with Crippen molar-refractivity contribution in [2.24, 2.45) is 11.8 Å². The lowest BCUT2D eigenvalue weighted by Gasteiger charge is -2.28. The first kappa shape index (κ1) is 17.0. The van der Waals surface area contributed by atoms with E-state index in [0.29, 0.717) is 6.42 Å². The van der Waals surface area contributed by atoms with Crippen LogP contribution in [0.4, 0.5) is 0 Å². The Morgan fingerprint density at radius 2 is 1.80 bits per heavy atom. The van der Waals surface area contributed by atoms with Gasteiger partial charge in [-0.3, -0.25) is 4.79 Å². The summed E-state index contributed by atoms with van der Waals surface area (Å²) in [5, 5.41) is 11.8. The van der Waals surface area contributed by atoms with Crippen molar-refractivity contribution in [3.63, 3.8) is 0 Å². The van der Waals surface area contributed by atoms with Crippen molar-refractivity contribution in [2.45, 2.75) is 77.7 Å². The van der Waals surface area contributed by atoms with Crippen LogP contribution in [0.3, 0.4) is 0 Å². The SMILES string of the molecule is CCCCC1CCC(C(=O)N[C@H](CCC)C(=O)O)CC1. The number of amides is 1. The van der Waals surface area contributed by atoms with Gasteiger partial charge >= 0.3 is 5.97 Å². The Balaban J connectivity index is 2.36. The number of rotatable bonds is 8. The molecule has 1 fully saturated rings. The first-order chi connectivity index (χ1) is 9.58. The number of carboxylic acid groups (broad SMARTS) is 1. The lowest BCUT2D eigenvalue weighted by molar-refractivity contribution is -0.143. The number of hydrogen-bond acceptors (Lipinski definition) is 2. The van der Waals surface area contributed by atoms with E-state index in [0.717, 1.165) is 38.0 Å². The molecule has 0 saturated heterocycles. The molecular formula is C16H29NO3. The Morgan fingerprint density at radius 3 is 2.30 bits per heavy atom. The fraction of sp³-hybridized carbons (Fsp3) is 0.875. The summed E-state index contributed by atoms with van der Waals surface area (Å²) in [6.45, 7) is 4.14. The molecule has 4 nitrogen and oxygen atoms in total. The molecule has 1 aliphatic rings. The second-order valence-electron chi connectivity index (χ2n) is 6.05. The smallest absolute Gasteiger partial charge is 0.326 e. The predicted molar refractivity (Wildman–Crippen MR) is 79.4 cm³/mol. The fourth-order valence-corrected chi connectivity index (χ4v) is 3.04. The normalized spacial score (nSPS) is 24.1. The zero-order valence-corrected chi connectivity index (χ0v) is 12.9. The monoisotopic (exact) mass is 283 g/mol. The molecule has 20 heavy (non-hydrogen) atoms. The predicted octanol–water partition coefficient (Wildman–Crippen LogP) is 3.35. The van der Waals surface area contributed by atoms with Crippen molar-refractivity contribution >= 4 is 11.9 Å². The van der Waals surface area contributed by atoms with Crippen LogP contribution in [0.2, 0.25) is 0 Å². The molecule has 1 rings (SSSR count). The van der Waals surface area contributed by atoms with Gasteiger partial charge in [0.2, 0.25) is 5.91 Å². The minimum atomic E-state index is -0.920. The van der Waals surface area contributed by atoms with Gasteiger partial charge in [-0.05, 0) is 38.0 Å². The quantitative estimate of drug-likeness (QED) is 0.718. The van der Waals surface area contributed by atoms with Crippen molar-refractivity contribution in [3.05, 3.63) is 0 Å². The first-order valence-electron chi connectivity index (χ1n) is 8.11. The number of aliphatic carboxylic acids is 1. The van der Waals surface area contributed by atoms with Crippen molar-refractivity contribution < 1.29 is 14.7 Å². The molecule has 1 atom stereocenters. The average Bonchev–Trinajstić information content (AvgIpc) is 2.45. The first-order valence-corrected chi connectivity index (χ1v) is 8.11. The third-order valence-electron chi connectivity index (χ3n) is 4.38. The van der Waals surface area contributed by atoms with Gasteiger partial charge in [0.1, 0.15) is 6.04 Å². The van der Waals surface area contributed by atoms with Crippen molar-refractivity contribution in [1.29, 1.82) is 0 Å². The molecule has 0 bridgehead atoms. The molecule has 0 heterocycles. The molecule has 0 aromatic heterocycles. The third kappa shape index (κ3) is 5.51. The summed E-state index contributed by atoms with van der Waals surface area (Å²) in [4.78, 5) is 23.2. The van der Waals surface area contributed by atoms with Crippen LogP contribution in [0.25, 0.3) is 0 Å². The maximum absolute atomic E-state index is 12.1. The summed E-state index contributed by atoms with van der Waals surface area (Å²) in [7, 11) is 0. The number of nitrogens with one attached hydrogen (secondary N) is 1. The number of carboxylic acids is 1. The number of carbonyl (C=O) groups is 2. The number of unbranched alkanes of at least 4 members (excludes halogenated alkanes) is 1. The Bertz CT molecular complexity index is 309. The highest BCUT2D eigenvalue weighted by atomic mass is 16.4. The van der Waals surface area contributed by atoms with Crippen LogP contribution in [0.5, 0.6) is 0 Å². The summed E-state index contributed by atoms with van der Waals surface area (Å²) in [5.41, 5.74) is 0. The summed E-state index contributed by atoms with van der Waals surface area (Å²) >= 11 is 0. The summed E-state index contributed by atoms with van der Waals surface area (Å²) in [6, 6.07) is -0.717. The van der Waals surface area contributed by atoms with Crippen LogP contribution in [-0.2, 0) is 9.59 Å². The van der Waals surface area contributed by atoms with E-state index in [9.17, 15) is 9.59 Å². The van der Waals surface area contributed by atoms with Gasteiger partial charge in [0.25, 0.3) is 0 Å². The van der Waals surface area contributed by atoms with E-state index in [-0.39, 0.29) is 11.8 Å². The van der Waals surface area contributed by atoms with Gasteiger partial charge in [0.05, 0.1) is 0 Å². The third-order valence-corrected chi connectivity index (χ3v) is 4.38. The van der Waals surface area contributed by atoms with E-state index in [1.54, 1.807) is 0 Å². The summed E-state index contributed by atoms with van der Waals surface area (Å²) < 4.78 is 0. The summed E-state index contributed by atoms with van der Waals surface area (Å²) in [6.07, 6.45) is 9.12. The van der Waals surface area contributed by atoms with Crippen molar-refractivity contribution in [1.82, 2.24) is 5.32 Å². The fourth-order valence-electron chi connectivity index (χ4n) is 3.04. The molecule has 0 aromatic rings. The Labute approximate surface area is 122 Å². The maximum Gasteiger partial charge on any atom is 0.326 e. The highest BCUT2D eigenvalue weighted by molar-refractivity contribution is 5.84. The van der Waals surface area contributed by atoms with Crippen molar-refractivity contribution in [2.75, 3.05) is 0 Å². The van der Waals surface area contributed by atoms with E-state index in [2.05, 4.69) is 12.2 Å². The van der Waals surface area contributed by atoms with E-state index in [1.807, 2.05) is 6.92 Å². The van der Waals surface area contributed by atoms with E-state index < -0.39 is 12.0 Å². The topological polar surface area (TPSA) is 66.4 Å². The van der Waals surface area contributed by atoms with Gasteiger partial charge in [-0.15, -0.1) is 0 Å². The van der Waals surface area contributed by atoms with Crippen LogP contribution in [0, 0.1) is 11.8 Å². The minimum absolute atomic E-state index is 0.0200. The van der Waals surface area contributed by atoms with E-state index in [1.165, 1.54) is 19.3 Å². The van der Waals surface area contributed by atoms with Gasteiger partial charge in [-0.25, -0.2) is 4.79 Å². The average molecular weight is 283 g/mol. The molecule has 1 aliphatic carbocycles. The van der Waals surface area contributed by atoms with Gasteiger partial charge in [0, 0.05) is 5.92 Å². The molecular weight excluding hydrogens is 254 g/mol. The van der Waals surface area contributed by atoms with Gasteiger partial charge in [0.15, 0.2) is 0 Å². The zero-order chi connectivity index (χ0) is 15.0. The highest BCUT2D eigenvalue weighted by Gasteiger charge is 2.28. The van der Waals surface area contributed by atoms with Crippen LogP contribution < -0.4 is 5.32 Å². The maximum atomic E-state index is 12.1. The van der Waals surface area contributed by atoms with Crippen LogP contribution in [-0.4, -0.2) is 23.0 Å². The van der Waals surface area contributed by atoms with Gasteiger partial charge in [-0.2, -0.15) is 0 Å². The second kappa shape index (κ2) is 8.98. The molecule has 116 valence electrons. The molecule has 0 aromatic carbocycles. The Hall–Kier alpha value is -1.06. The highest BCUT2D eigenvalue weighted by Crippen LogP contribution is 2.32. The molecule has 2 N–H and O–H groups in total. The van der Waals surface area contributed by atoms with Crippen molar-refractivity contribution in [3.8, 4) is 0 Å². The lowest BCUT2D eigenvalue weighted by atomic mass is 9.79. The summed E-state index contributed by atoms with van der Waals surface area (Å²) in [5.74, 6) is -0.187. The molecule has 1 amide bonds. The van der Waals surface area contributed by atoms with E-state index >= 15 is 0 Å². The van der Waals surface area contributed by atoms with Crippen LogP contribution >= 0.6 is 0 Å². The van der Waals surface area contributed by atoms with Gasteiger partial charge in [-0.1, -0.05) is 39.5 Å². The number of hydrogen-bond donors (Lipinski definition) is 2. The minimum Gasteiger partial charge on any atom is -0.480 e.